The minimum Gasteiger partial charge on any atom is -0.374 e. The van der Waals surface area contributed by atoms with E-state index in [4.69, 9.17) is 4.74 Å². The highest BCUT2D eigenvalue weighted by Gasteiger charge is 2.18. The predicted octanol–water partition coefficient (Wildman–Crippen LogP) is 3.71. The molecule has 0 spiro atoms. The van der Waals surface area contributed by atoms with Crippen LogP contribution in [0.2, 0.25) is 0 Å². The third-order valence-corrected chi connectivity index (χ3v) is 2.75. The molecule has 0 aliphatic rings. The summed E-state index contributed by atoms with van der Waals surface area (Å²) in [6.45, 7) is 12.3. The molecule has 0 aromatic heterocycles. The summed E-state index contributed by atoms with van der Waals surface area (Å²) in [5.41, 5.74) is 2.68. The smallest absolute Gasteiger partial charge is 0.0831 e. The van der Waals surface area contributed by atoms with Crippen LogP contribution in [0.4, 0.5) is 0 Å². The van der Waals surface area contributed by atoms with Crippen LogP contribution in [0, 0.1) is 0 Å². The van der Waals surface area contributed by atoms with Crippen LogP contribution < -0.4 is 0 Å². The molecule has 76 valence electrons. The van der Waals surface area contributed by atoms with Crippen LogP contribution in [0.15, 0.2) is 23.8 Å². The summed E-state index contributed by atoms with van der Waals surface area (Å²) in [5, 5.41) is 0. The molecule has 0 aromatic carbocycles. The first-order valence-electron chi connectivity index (χ1n) is 4.77. The third-order valence-electron chi connectivity index (χ3n) is 2.75. The van der Waals surface area contributed by atoms with Crippen LogP contribution >= 0.6 is 0 Å². The number of methoxy groups -OCH3 is 1. The topological polar surface area (TPSA) is 9.23 Å². The van der Waals surface area contributed by atoms with Gasteiger partial charge in [0.1, 0.15) is 0 Å². The molecule has 0 aliphatic carbocycles. The average Bonchev–Trinajstić information content (AvgIpc) is 2.13. The zero-order valence-corrected chi connectivity index (χ0v) is 9.61. The highest BCUT2D eigenvalue weighted by molar-refractivity contribution is 5.08. The van der Waals surface area contributed by atoms with Crippen molar-refractivity contribution < 1.29 is 4.74 Å². The van der Waals surface area contributed by atoms with Gasteiger partial charge in [0.2, 0.25) is 0 Å². The monoisotopic (exact) mass is 182 g/mol. The average molecular weight is 182 g/mol. The molecule has 0 saturated heterocycles. The quantitative estimate of drug-likeness (QED) is 0.589. The van der Waals surface area contributed by atoms with Crippen LogP contribution in [0.5, 0.6) is 0 Å². The zero-order valence-electron chi connectivity index (χ0n) is 9.61. The second kappa shape index (κ2) is 5.23. The lowest BCUT2D eigenvalue weighted by Crippen LogP contribution is -2.23. The Morgan fingerprint density at radius 3 is 2.23 bits per heavy atom. The van der Waals surface area contributed by atoms with E-state index < -0.39 is 0 Å². The summed E-state index contributed by atoms with van der Waals surface area (Å²) in [6.07, 6.45) is 3.97. The summed E-state index contributed by atoms with van der Waals surface area (Å²) in [7, 11) is 1.74. The fourth-order valence-electron chi connectivity index (χ4n) is 0.973. The van der Waals surface area contributed by atoms with E-state index in [9.17, 15) is 0 Å². The van der Waals surface area contributed by atoms with E-state index in [1.54, 1.807) is 7.11 Å². The molecule has 1 atom stereocenters. The Kier molecular flexibility index (Phi) is 5.01. The summed E-state index contributed by atoms with van der Waals surface area (Å²) >= 11 is 0. The highest BCUT2D eigenvalue weighted by Crippen LogP contribution is 2.21. The Morgan fingerprint density at radius 2 is 1.92 bits per heavy atom. The van der Waals surface area contributed by atoms with Crippen LogP contribution in [-0.4, -0.2) is 12.7 Å². The Hall–Kier alpha value is -0.560. The fraction of sp³-hybridized carbons (Fsp3) is 0.667. The van der Waals surface area contributed by atoms with Gasteiger partial charge in [0, 0.05) is 7.11 Å². The van der Waals surface area contributed by atoms with E-state index in [1.807, 2.05) is 6.08 Å². The molecule has 0 heterocycles. The highest BCUT2D eigenvalue weighted by atomic mass is 16.5. The molecule has 0 aliphatic heterocycles. The first-order valence-corrected chi connectivity index (χ1v) is 4.77. The van der Waals surface area contributed by atoms with Gasteiger partial charge in [0.15, 0.2) is 0 Å². The van der Waals surface area contributed by atoms with Crippen LogP contribution in [-0.2, 0) is 4.74 Å². The van der Waals surface area contributed by atoms with Crippen molar-refractivity contribution in [2.45, 2.75) is 46.1 Å². The minimum atomic E-state index is -0.170. The summed E-state index contributed by atoms with van der Waals surface area (Å²) in [6, 6.07) is 0. The van der Waals surface area contributed by atoms with E-state index in [1.165, 1.54) is 11.1 Å². The van der Waals surface area contributed by atoms with Crippen molar-refractivity contribution in [1.82, 2.24) is 0 Å². The van der Waals surface area contributed by atoms with Gasteiger partial charge >= 0.3 is 0 Å². The second-order valence-electron chi connectivity index (χ2n) is 4.00. The Balaban J connectivity index is 4.15. The van der Waals surface area contributed by atoms with Gasteiger partial charge in [-0.25, -0.2) is 0 Å². The number of ether oxygens (including phenoxy) is 1. The predicted molar refractivity (Wildman–Crippen MR) is 58.9 cm³/mol. The largest absolute Gasteiger partial charge is 0.374 e. The molecule has 0 aromatic rings. The van der Waals surface area contributed by atoms with Gasteiger partial charge < -0.3 is 4.74 Å². The van der Waals surface area contributed by atoms with E-state index in [2.05, 4.69) is 34.3 Å². The first-order chi connectivity index (χ1) is 5.95. The molecular weight excluding hydrogens is 160 g/mol. The maximum absolute atomic E-state index is 5.38. The van der Waals surface area contributed by atoms with Crippen molar-refractivity contribution in [3.8, 4) is 0 Å². The van der Waals surface area contributed by atoms with Gasteiger partial charge in [0.25, 0.3) is 0 Å². The van der Waals surface area contributed by atoms with Gasteiger partial charge in [-0.2, -0.15) is 0 Å². The Labute approximate surface area is 82.5 Å². The first kappa shape index (κ1) is 12.4. The van der Waals surface area contributed by atoms with Gasteiger partial charge in [-0.1, -0.05) is 17.2 Å². The molecule has 13 heavy (non-hydrogen) atoms. The van der Waals surface area contributed by atoms with Gasteiger partial charge in [-0.15, -0.1) is 6.58 Å². The molecule has 1 heteroatoms. The lowest BCUT2D eigenvalue weighted by Gasteiger charge is -2.24. The molecule has 0 amide bonds. The lowest BCUT2D eigenvalue weighted by atomic mass is 9.96. The van der Waals surface area contributed by atoms with Crippen LogP contribution in [0.25, 0.3) is 0 Å². The molecule has 0 radical (unpaired) electrons. The van der Waals surface area contributed by atoms with Crippen molar-refractivity contribution in [3.63, 3.8) is 0 Å². The maximum Gasteiger partial charge on any atom is 0.0831 e. The number of hydrogen-bond donors (Lipinski definition) is 0. The summed E-state index contributed by atoms with van der Waals surface area (Å²) in [4.78, 5) is 0. The van der Waals surface area contributed by atoms with Gasteiger partial charge in [-0.3, -0.25) is 0 Å². The molecule has 1 unspecified atom stereocenters. The van der Waals surface area contributed by atoms with Crippen molar-refractivity contribution >= 4 is 0 Å². The summed E-state index contributed by atoms with van der Waals surface area (Å²) in [5.74, 6) is 0. The van der Waals surface area contributed by atoms with Crippen molar-refractivity contribution in [2.75, 3.05) is 7.11 Å². The molecular formula is C12H22O. The standard InChI is InChI=1S/C12H22O/c1-7-12(5,13-6)9-8-11(4)10(2)3/h7H,1,8-9H2,2-6H3. The normalized spacial score (nSPS) is 14.8. The van der Waals surface area contributed by atoms with Crippen molar-refractivity contribution in [2.24, 2.45) is 0 Å². The van der Waals surface area contributed by atoms with Gasteiger partial charge in [-0.05, 0) is 40.5 Å². The van der Waals surface area contributed by atoms with Crippen molar-refractivity contribution in [3.05, 3.63) is 23.8 Å². The van der Waals surface area contributed by atoms with E-state index in [0.717, 1.165) is 12.8 Å². The Bertz CT molecular complexity index is 199. The molecule has 0 fully saturated rings. The molecule has 0 N–H and O–H groups in total. The van der Waals surface area contributed by atoms with Gasteiger partial charge in [0.05, 0.1) is 5.60 Å². The number of rotatable bonds is 5. The van der Waals surface area contributed by atoms with E-state index >= 15 is 0 Å². The second-order valence-corrected chi connectivity index (χ2v) is 4.00. The van der Waals surface area contributed by atoms with Crippen LogP contribution in [0.1, 0.15) is 40.5 Å². The lowest BCUT2D eigenvalue weighted by molar-refractivity contribution is 0.0419. The zero-order chi connectivity index (χ0) is 10.5. The summed E-state index contributed by atoms with van der Waals surface area (Å²) < 4.78 is 5.38. The van der Waals surface area contributed by atoms with E-state index in [-0.39, 0.29) is 5.60 Å². The molecule has 0 saturated carbocycles. The van der Waals surface area contributed by atoms with E-state index in [0.29, 0.717) is 0 Å². The SMILES string of the molecule is C=CC(C)(CCC(C)=C(C)C)OC. The number of allylic oxidation sites excluding steroid dienone is 2. The van der Waals surface area contributed by atoms with Crippen molar-refractivity contribution in [1.29, 1.82) is 0 Å². The maximum atomic E-state index is 5.38. The Morgan fingerprint density at radius 1 is 1.38 bits per heavy atom. The third kappa shape index (κ3) is 4.28. The molecule has 0 rings (SSSR count). The molecule has 1 nitrogen and oxygen atoms in total. The number of hydrogen-bond acceptors (Lipinski definition) is 1. The molecule has 0 bridgehead atoms. The fourth-order valence-corrected chi connectivity index (χ4v) is 0.973. The van der Waals surface area contributed by atoms with Crippen LogP contribution in [0.3, 0.4) is 0 Å². The minimum absolute atomic E-state index is 0.170.